The summed E-state index contributed by atoms with van der Waals surface area (Å²) in [5.41, 5.74) is 15.3. The van der Waals surface area contributed by atoms with Gasteiger partial charge in [0.1, 0.15) is 5.82 Å². The van der Waals surface area contributed by atoms with E-state index < -0.39 is 0 Å². The quantitative estimate of drug-likeness (QED) is 0.155. The third-order valence-corrected chi connectivity index (χ3v) is 11.9. The predicted octanol–water partition coefficient (Wildman–Crippen LogP) is 13.9. The zero-order valence-electron chi connectivity index (χ0n) is 32.9. The van der Waals surface area contributed by atoms with Gasteiger partial charge in [0.25, 0.3) is 0 Å². The van der Waals surface area contributed by atoms with Crippen LogP contribution in [-0.4, -0.2) is 15.0 Å². The van der Waals surface area contributed by atoms with Crippen LogP contribution in [0.15, 0.2) is 194 Å². The summed E-state index contributed by atoms with van der Waals surface area (Å²) in [6, 6.07) is 56.4. The highest BCUT2D eigenvalue weighted by atomic mass is 15.1. The van der Waals surface area contributed by atoms with E-state index in [1.165, 1.54) is 44.5 Å². The van der Waals surface area contributed by atoms with Gasteiger partial charge in [-0.2, -0.15) is 0 Å². The Labute approximate surface area is 341 Å². The molecule has 1 unspecified atom stereocenters. The Morgan fingerprint density at radius 3 is 1.67 bits per heavy atom. The highest BCUT2D eigenvalue weighted by Crippen LogP contribution is 2.54. The fourth-order valence-electron chi connectivity index (χ4n) is 8.76. The highest BCUT2D eigenvalue weighted by molar-refractivity contribution is 5.92. The summed E-state index contributed by atoms with van der Waals surface area (Å²) in [4.78, 5) is 17.7. The first kappa shape index (κ1) is 35.5. The van der Waals surface area contributed by atoms with Crippen LogP contribution in [0, 0.1) is 0 Å². The molecule has 10 rings (SSSR count). The zero-order valence-corrected chi connectivity index (χ0v) is 32.9. The fraction of sp³-hybridized carbons (Fsp3) is 0.130. The van der Waals surface area contributed by atoms with E-state index in [0.29, 0.717) is 0 Å². The van der Waals surface area contributed by atoms with Crippen molar-refractivity contribution in [1.29, 1.82) is 0 Å². The first-order valence-corrected chi connectivity index (χ1v) is 20.4. The number of fused-ring (bicyclic) bond motifs is 3. The molecule has 1 aromatic heterocycles. The number of allylic oxidation sites excluding steroid dienone is 8. The number of rotatable bonds is 8. The lowest BCUT2D eigenvalue weighted by atomic mass is 9.78. The van der Waals surface area contributed by atoms with Crippen LogP contribution >= 0.6 is 0 Å². The zero-order chi connectivity index (χ0) is 39.1. The molecule has 7 aromatic rings. The second kappa shape index (κ2) is 14.9. The van der Waals surface area contributed by atoms with Gasteiger partial charge in [-0.1, -0.05) is 166 Å². The number of anilines is 3. The Bertz CT molecular complexity index is 2660. The monoisotopic (exact) mass is 748 g/mol. The highest BCUT2D eigenvalue weighted by Gasteiger charge is 2.41. The smallest absolute Gasteiger partial charge is 0.163 e. The van der Waals surface area contributed by atoms with E-state index in [-0.39, 0.29) is 11.3 Å². The van der Waals surface area contributed by atoms with Crippen LogP contribution in [0.4, 0.5) is 17.1 Å². The summed E-state index contributed by atoms with van der Waals surface area (Å²) < 4.78 is 0. The summed E-state index contributed by atoms with van der Waals surface area (Å²) in [5, 5.41) is 0. The normalized spacial score (nSPS) is 16.4. The molecule has 0 saturated heterocycles. The van der Waals surface area contributed by atoms with Gasteiger partial charge in [-0.25, -0.2) is 15.0 Å². The topological polar surface area (TPSA) is 41.9 Å². The second-order valence-electron chi connectivity index (χ2n) is 15.9. The molecule has 0 spiro atoms. The van der Waals surface area contributed by atoms with E-state index in [0.717, 1.165) is 64.9 Å². The van der Waals surface area contributed by atoms with Gasteiger partial charge in [-0.05, 0) is 100 Å². The van der Waals surface area contributed by atoms with E-state index >= 15 is 0 Å². The Balaban J connectivity index is 1.03. The molecular weight excluding hydrogens is 705 g/mol. The van der Waals surface area contributed by atoms with Crippen molar-refractivity contribution in [2.75, 3.05) is 4.90 Å². The summed E-state index contributed by atoms with van der Waals surface area (Å²) in [6.07, 6.45) is 14.3. The Morgan fingerprint density at radius 2 is 1.09 bits per heavy atom. The molecule has 0 N–H and O–H groups in total. The van der Waals surface area contributed by atoms with Gasteiger partial charge >= 0.3 is 0 Å². The number of nitrogens with zero attached hydrogens (tertiary/aromatic N) is 4. The molecular formula is C54H44N4. The molecule has 3 aliphatic carbocycles. The summed E-state index contributed by atoms with van der Waals surface area (Å²) in [7, 11) is 0. The fourth-order valence-corrected chi connectivity index (χ4v) is 8.76. The lowest BCUT2D eigenvalue weighted by Gasteiger charge is -2.29. The van der Waals surface area contributed by atoms with Gasteiger partial charge in [-0.15, -0.1) is 0 Å². The maximum absolute atomic E-state index is 5.15. The average Bonchev–Trinajstić information content (AvgIpc) is 3.52. The lowest BCUT2D eigenvalue weighted by molar-refractivity contribution is 0.642. The van der Waals surface area contributed by atoms with Crippen molar-refractivity contribution in [1.82, 2.24) is 15.0 Å². The van der Waals surface area contributed by atoms with Crippen LogP contribution < -0.4 is 4.90 Å². The minimum Gasteiger partial charge on any atom is -0.310 e. The van der Waals surface area contributed by atoms with Crippen LogP contribution in [-0.2, 0) is 5.41 Å². The van der Waals surface area contributed by atoms with E-state index in [2.05, 4.69) is 189 Å². The molecule has 1 heterocycles. The molecule has 4 heteroatoms. The van der Waals surface area contributed by atoms with Gasteiger partial charge in [-0.3, -0.25) is 0 Å². The number of hydrogen-bond acceptors (Lipinski definition) is 4. The van der Waals surface area contributed by atoms with Crippen LogP contribution in [0.2, 0.25) is 0 Å². The van der Waals surface area contributed by atoms with Gasteiger partial charge in [0, 0.05) is 39.5 Å². The Kier molecular flexibility index (Phi) is 9.10. The molecule has 0 fully saturated rings. The summed E-state index contributed by atoms with van der Waals surface area (Å²) >= 11 is 0. The predicted molar refractivity (Wildman–Crippen MR) is 240 cm³/mol. The molecule has 58 heavy (non-hydrogen) atoms. The van der Waals surface area contributed by atoms with Gasteiger partial charge in [0.15, 0.2) is 11.6 Å². The molecule has 0 amide bonds. The molecule has 280 valence electrons. The second-order valence-corrected chi connectivity index (χ2v) is 15.9. The molecule has 0 bridgehead atoms. The standard InChI is InChI=1S/C54H44N4/c1-54(2)49-35-43(53-56-51(41-19-11-5-12-20-41)55-52(57-53)42-21-13-6-14-22-42)27-33-47(49)48-34-32-46(36-50(48)54)58(44-28-23-39(24-29-44)37-15-7-3-8-16-37)45-30-25-40(26-31-45)38-17-9-4-10-18-38/h3-5,7-13,15-26,28-36,43H,6,14,27H2,1-2H3. The first-order valence-electron chi connectivity index (χ1n) is 20.4. The number of hydrogen-bond donors (Lipinski definition) is 0. The molecule has 3 aliphatic rings. The lowest BCUT2D eigenvalue weighted by Crippen LogP contribution is -2.19. The summed E-state index contributed by atoms with van der Waals surface area (Å²) in [6.45, 7) is 4.73. The molecule has 0 aliphatic heterocycles. The van der Waals surface area contributed by atoms with Crippen LogP contribution in [0.1, 0.15) is 61.8 Å². The van der Waals surface area contributed by atoms with Crippen molar-refractivity contribution in [3.63, 3.8) is 0 Å². The third-order valence-electron chi connectivity index (χ3n) is 11.9. The van der Waals surface area contributed by atoms with E-state index in [1.807, 2.05) is 18.2 Å². The van der Waals surface area contributed by atoms with E-state index in [9.17, 15) is 0 Å². The maximum atomic E-state index is 5.15. The minimum absolute atomic E-state index is 0.0342. The largest absolute Gasteiger partial charge is 0.310 e. The van der Waals surface area contributed by atoms with Crippen molar-refractivity contribution in [2.24, 2.45) is 0 Å². The number of aromatic nitrogens is 3. The van der Waals surface area contributed by atoms with Crippen LogP contribution in [0.5, 0.6) is 0 Å². The van der Waals surface area contributed by atoms with Gasteiger partial charge in [0.05, 0.1) is 0 Å². The molecule has 0 radical (unpaired) electrons. The van der Waals surface area contributed by atoms with Crippen LogP contribution in [0.3, 0.4) is 0 Å². The van der Waals surface area contributed by atoms with Crippen molar-refractivity contribution in [2.45, 2.75) is 44.4 Å². The van der Waals surface area contributed by atoms with Crippen molar-refractivity contribution in [3.8, 4) is 33.6 Å². The van der Waals surface area contributed by atoms with Crippen molar-refractivity contribution in [3.05, 3.63) is 216 Å². The molecule has 6 aromatic carbocycles. The minimum atomic E-state index is -0.234. The molecule has 0 saturated carbocycles. The van der Waals surface area contributed by atoms with Crippen molar-refractivity contribution >= 4 is 28.2 Å². The molecule has 4 nitrogen and oxygen atoms in total. The maximum Gasteiger partial charge on any atom is 0.163 e. The molecule has 1 atom stereocenters. The van der Waals surface area contributed by atoms with E-state index in [4.69, 9.17) is 15.0 Å². The SMILES string of the molecule is CC1(C)C2=CC(c3nc(C4=CCCC=C4)nc(-c4ccccc4)n3)CC=C2c2ccc(N(c3ccc(-c4ccccc4)cc3)c3ccc(-c4ccccc4)cc3)cc21. The Morgan fingerprint density at radius 1 is 0.534 bits per heavy atom. The Hall–Kier alpha value is -6.91. The summed E-state index contributed by atoms with van der Waals surface area (Å²) in [5.74, 6) is 2.33. The van der Waals surface area contributed by atoms with Crippen molar-refractivity contribution < 1.29 is 0 Å². The first-order chi connectivity index (χ1) is 28.5. The number of benzene rings is 6. The van der Waals surface area contributed by atoms with E-state index in [1.54, 1.807) is 0 Å². The van der Waals surface area contributed by atoms with Gasteiger partial charge < -0.3 is 4.90 Å². The third kappa shape index (κ3) is 6.61. The van der Waals surface area contributed by atoms with Gasteiger partial charge in [0.2, 0.25) is 0 Å². The average molecular weight is 749 g/mol. The van der Waals surface area contributed by atoms with Crippen LogP contribution in [0.25, 0.3) is 44.8 Å².